The summed E-state index contributed by atoms with van der Waals surface area (Å²) >= 11 is 0. The van der Waals surface area contributed by atoms with Crippen molar-refractivity contribution in [2.75, 3.05) is 6.54 Å². The molecule has 0 aromatic heterocycles. The molecule has 0 amide bonds. The molecule has 1 saturated heterocycles. The van der Waals surface area contributed by atoms with E-state index in [1.807, 2.05) is 13.8 Å². The number of hydrogen-bond donors (Lipinski definition) is 2. The maximum absolute atomic E-state index is 13.4. The first kappa shape index (κ1) is 18.2. The number of alkyl halides is 3. The molecule has 0 radical (unpaired) electrons. The fourth-order valence-corrected chi connectivity index (χ4v) is 3.19. The van der Waals surface area contributed by atoms with Crippen LogP contribution in [0.3, 0.4) is 0 Å². The van der Waals surface area contributed by atoms with Crippen molar-refractivity contribution in [1.82, 2.24) is 5.32 Å². The van der Waals surface area contributed by atoms with E-state index >= 15 is 0 Å². The zero-order valence-corrected chi connectivity index (χ0v) is 13.4. The summed E-state index contributed by atoms with van der Waals surface area (Å²) in [5, 5.41) is 13.4. The number of halogens is 3. The van der Waals surface area contributed by atoms with Gasteiger partial charge in [0, 0.05) is 12.5 Å². The highest BCUT2D eigenvalue weighted by Gasteiger charge is 2.54. The fourth-order valence-electron chi connectivity index (χ4n) is 3.19. The summed E-state index contributed by atoms with van der Waals surface area (Å²) in [4.78, 5) is 0. The minimum Gasteiger partial charge on any atom is -0.376 e. The van der Waals surface area contributed by atoms with Crippen LogP contribution in [-0.2, 0) is 10.3 Å². The molecule has 1 aliphatic rings. The molecule has 0 saturated carbocycles. The molecule has 0 spiro atoms. The van der Waals surface area contributed by atoms with Crippen LogP contribution in [-0.4, -0.2) is 36.1 Å². The van der Waals surface area contributed by atoms with Crippen LogP contribution < -0.4 is 5.32 Å². The first-order valence-electron chi connectivity index (χ1n) is 7.96. The lowest BCUT2D eigenvalue weighted by Crippen LogP contribution is -2.47. The Kier molecular flexibility index (Phi) is 5.70. The maximum atomic E-state index is 13.4. The van der Waals surface area contributed by atoms with Crippen LogP contribution in [0.2, 0.25) is 0 Å². The Morgan fingerprint density at radius 1 is 1.13 bits per heavy atom. The number of ether oxygens (including phenoxy) is 1. The highest BCUT2D eigenvalue weighted by atomic mass is 19.4. The average molecular weight is 331 g/mol. The second-order valence-electron chi connectivity index (χ2n) is 6.35. The number of aliphatic hydroxyl groups is 1. The SMILES string of the molecule is C[C@@H]1CC(NCC[C@@](O)(c2ccccc2)C(F)(F)F)C[C@H](C)O1. The smallest absolute Gasteiger partial charge is 0.376 e. The van der Waals surface area contributed by atoms with E-state index in [9.17, 15) is 18.3 Å². The largest absolute Gasteiger partial charge is 0.421 e. The number of nitrogens with one attached hydrogen (secondary N) is 1. The fraction of sp³-hybridized carbons (Fsp3) is 0.647. The molecule has 130 valence electrons. The lowest BCUT2D eigenvalue weighted by molar-refractivity contribution is -0.268. The summed E-state index contributed by atoms with van der Waals surface area (Å²) in [6.07, 6.45) is -3.42. The van der Waals surface area contributed by atoms with Crippen LogP contribution in [0.5, 0.6) is 0 Å². The van der Waals surface area contributed by atoms with E-state index in [4.69, 9.17) is 4.74 Å². The molecular weight excluding hydrogens is 307 g/mol. The lowest BCUT2D eigenvalue weighted by Gasteiger charge is -2.35. The van der Waals surface area contributed by atoms with E-state index in [0.29, 0.717) is 0 Å². The van der Waals surface area contributed by atoms with E-state index in [2.05, 4.69) is 5.32 Å². The molecule has 2 N–H and O–H groups in total. The number of rotatable bonds is 5. The molecule has 23 heavy (non-hydrogen) atoms. The lowest BCUT2D eigenvalue weighted by atomic mass is 9.89. The Labute approximate surface area is 134 Å². The summed E-state index contributed by atoms with van der Waals surface area (Å²) in [5.41, 5.74) is -2.95. The standard InChI is InChI=1S/C17H24F3NO2/c1-12-10-15(11-13(2)23-12)21-9-8-16(22,17(18,19)20)14-6-4-3-5-7-14/h3-7,12-13,15,21-22H,8-11H2,1-2H3/t12-,13+,15?,16-/m1/s1. The molecule has 3 nitrogen and oxygen atoms in total. The monoisotopic (exact) mass is 331 g/mol. The van der Waals surface area contributed by atoms with Crippen LogP contribution in [0.15, 0.2) is 30.3 Å². The normalized spacial score (nSPS) is 28.3. The second kappa shape index (κ2) is 7.20. The number of hydrogen-bond acceptors (Lipinski definition) is 3. The van der Waals surface area contributed by atoms with Gasteiger partial charge in [0.25, 0.3) is 0 Å². The molecule has 1 heterocycles. The van der Waals surface area contributed by atoms with Gasteiger partial charge in [0.1, 0.15) is 0 Å². The predicted molar refractivity (Wildman–Crippen MR) is 82.0 cm³/mol. The van der Waals surface area contributed by atoms with E-state index in [1.54, 1.807) is 6.07 Å². The quantitative estimate of drug-likeness (QED) is 0.869. The van der Waals surface area contributed by atoms with Crippen LogP contribution in [0, 0.1) is 0 Å². The molecule has 6 heteroatoms. The van der Waals surface area contributed by atoms with Gasteiger partial charge in [-0.3, -0.25) is 0 Å². The minimum atomic E-state index is -4.72. The van der Waals surface area contributed by atoms with Gasteiger partial charge in [-0.1, -0.05) is 30.3 Å². The maximum Gasteiger partial charge on any atom is 0.421 e. The van der Waals surface area contributed by atoms with Crippen LogP contribution in [0.25, 0.3) is 0 Å². The Bertz CT molecular complexity index is 484. The molecule has 0 bridgehead atoms. The molecule has 1 aromatic carbocycles. The summed E-state index contributed by atoms with van der Waals surface area (Å²) < 4.78 is 45.8. The Morgan fingerprint density at radius 2 is 1.70 bits per heavy atom. The predicted octanol–water partition coefficient (Wildman–Crippen LogP) is 3.37. The third-order valence-corrected chi connectivity index (χ3v) is 4.34. The van der Waals surface area contributed by atoms with Gasteiger partial charge in [0.05, 0.1) is 12.2 Å². The van der Waals surface area contributed by atoms with Gasteiger partial charge in [0.15, 0.2) is 5.60 Å². The highest BCUT2D eigenvalue weighted by molar-refractivity contribution is 5.24. The molecule has 4 atom stereocenters. The molecule has 1 aliphatic heterocycles. The van der Waals surface area contributed by atoms with Crippen molar-refractivity contribution in [2.24, 2.45) is 0 Å². The summed E-state index contributed by atoms with van der Waals surface area (Å²) in [7, 11) is 0. The number of benzene rings is 1. The van der Waals surface area contributed by atoms with E-state index in [0.717, 1.165) is 12.8 Å². The molecule has 2 rings (SSSR count). The zero-order chi connectivity index (χ0) is 17.1. The summed E-state index contributed by atoms with van der Waals surface area (Å²) in [5.74, 6) is 0. The first-order chi connectivity index (χ1) is 10.7. The third kappa shape index (κ3) is 4.46. The van der Waals surface area contributed by atoms with Gasteiger partial charge in [0.2, 0.25) is 0 Å². The molecule has 1 fully saturated rings. The van der Waals surface area contributed by atoms with Crippen molar-refractivity contribution in [1.29, 1.82) is 0 Å². The Hall–Kier alpha value is -1.11. The Balaban J connectivity index is 2.00. The summed E-state index contributed by atoms with van der Waals surface area (Å²) in [6.45, 7) is 4.01. The molecular formula is C17H24F3NO2. The zero-order valence-electron chi connectivity index (χ0n) is 13.4. The average Bonchev–Trinajstić information content (AvgIpc) is 2.46. The van der Waals surface area contributed by atoms with Gasteiger partial charge in [-0.05, 0) is 38.8 Å². The molecule has 1 aromatic rings. The van der Waals surface area contributed by atoms with Crippen molar-refractivity contribution >= 4 is 0 Å². The van der Waals surface area contributed by atoms with E-state index in [-0.39, 0.29) is 30.4 Å². The van der Waals surface area contributed by atoms with Gasteiger partial charge in [-0.25, -0.2) is 0 Å². The van der Waals surface area contributed by atoms with Crippen molar-refractivity contribution in [3.8, 4) is 0 Å². The van der Waals surface area contributed by atoms with Crippen LogP contribution >= 0.6 is 0 Å². The summed E-state index contributed by atoms with van der Waals surface area (Å²) in [6, 6.07) is 7.37. The highest BCUT2D eigenvalue weighted by Crippen LogP contribution is 2.41. The van der Waals surface area contributed by atoms with E-state index < -0.39 is 18.2 Å². The van der Waals surface area contributed by atoms with Crippen LogP contribution in [0.1, 0.15) is 38.7 Å². The van der Waals surface area contributed by atoms with Gasteiger partial charge in [-0.15, -0.1) is 0 Å². The second-order valence-corrected chi connectivity index (χ2v) is 6.35. The van der Waals surface area contributed by atoms with Gasteiger partial charge < -0.3 is 15.2 Å². The first-order valence-corrected chi connectivity index (χ1v) is 7.96. The van der Waals surface area contributed by atoms with Gasteiger partial charge >= 0.3 is 6.18 Å². The van der Waals surface area contributed by atoms with Crippen molar-refractivity contribution < 1.29 is 23.0 Å². The Morgan fingerprint density at radius 3 is 2.22 bits per heavy atom. The third-order valence-electron chi connectivity index (χ3n) is 4.34. The molecule has 0 aliphatic carbocycles. The van der Waals surface area contributed by atoms with Gasteiger partial charge in [-0.2, -0.15) is 13.2 Å². The minimum absolute atomic E-state index is 0.0897. The van der Waals surface area contributed by atoms with Crippen molar-refractivity contribution in [2.45, 2.75) is 63.1 Å². The topological polar surface area (TPSA) is 41.5 Å². The van der Waals surface area contributed by atoms with E-state index in [1.165, 1.54) is 24.3 Å². The van der Waals surface area contributed by atoms with Crippen molar-refractivity contribution in [3.05, 3.63) is 35.9 Å². The molecule has 1 unspecified atom stereocenters. The van der Waals surface area contributed by atoms with Crippen LogP contribution in [0.4, 0.5) is 13.2 Å². The van der Waals surface area contributed by atoms with Crippen molar-refractivity contribution in [3.63, 3.8) is 0 Å².